The molecule has 0 aliphatic carbocycles. The van der Waals surface area contributed by atoms with Gasteiger partial charge in [-0.25, -0.2) is 0 Å². The third kappa shape index (κ3) is 10.7. The van der Waals surface area contributed by atoms with Gasteiger partial charge in [0.2, 0.25) is 0 Å². The van der Waals surface area contributed by atoms with Crippen molar-refractivity contribution in [3.05, 3.63) is 12.2 Å². The number of hydrogen-bond acceptors (Lipinski definition) is 0. The van der Waals surface area contributed by atoms with Crippen molar-refractivity contribution in [3.63, 3.8) is 0 Å². The Hall–Kier alpha value is -0.300. The minimum absolute atomic E-state index is 0. The molecule has 0 atom stereocenters. The Kier molecular flexibility index (Phi) is 12.9. The van der Waals surface area contributed by atoms with Crippen LogP contribution in [-0.2, 0) is 0 Å². The maximum Gasteiger partial charge on any atom is -0.0379 e. The van der Waals surface area contributed by atoms with Gasteiger partial charge in [0.15, 0.2) is 0 Å². The summed E-state index contributed by atoms with van der Waals surface area (Å²) in [6.45, 7) is 4.29. The van der Waals surface area contributed by atoms with Gasteiger partial charge in [0, 0.05) is 0 Å². The lowest BCUT2D eigenvalue weighted by Crippen LogP contribution is -1.51. The van der Waals surface area contributed by atoms with E-state index in [0.29, 0.717) is 0 Å². The van der Waals surface area contributed by atoms with E-state index in [0.717, 1.165) is 0 Å². The summed E-state index contributed by atoms with van der Waals surface area (Å²) >= 11 is 0. The molecule has 0 aromatic heterocycles. The molecule has 7 heavy (non-hydrogen) atoms. The van der Waals surface area contributed by atoms with Crippen LogP contribution in [-0.4, -0.2) is 5.48 Å². The molecule has 2 N–H and O–H groups in total. The van der Waals surface area contributed by atoms with E-state index >= 15 is 0 Å². The van der Waals surface area contributed by atoms with Crippen LogP contribution in [0.4, 0.5) is 0 Å². The zero-order valence-corrected chi connectivity index (χ0v) is 5.07. The molecule has 1 heteroatoms. The second kappa shape index (κ2) is 9.20. The molecule has 0 amide bonds. The molecule has 0 bridgehead atoms. The standard InChI is InChI=1S/C6H12.H2O/c1-3-5-6-4-2;/h5-6H,3-4H2,1-2H3;1H2/b6-5-;. The van der Waals surface area contributed by atoms with Gasteiger partial charge in [-0.3, -0.25) is 0 Å². The lowest BCUT2D eigenvalue weighted by molar-refractivity contribution is 0.824. The highest BCUT2D eigenvalue weighted by Gasteiger charge is 1.60. The molecule has 0 unspecified atom stereocenters. The smallest absolute Gasteiger partial charge is 0.0379 e. The highest BCUT2D eigenvalue weighted by Crippen LogP contribution is 1.81. The predicted octanol–water partition coefficient (Wildman–Crippen LogP) is 1.54. The highest BCUT2D eigenvalue weighted by molar-refractivity contribution is 4.77. The van der Waals surface area contributed by atoms with E-state index in [1.54, 1.807) is 0 Å². The van der Waals surface area contributed by atoms with E-state index in [-0.39, 0.29) is 5.48 Å². The number of rotatable bonds is 2. The van der Waals surface area contributed by atoms with Gasteiger partial charge in [0.05, 0.1) is 0 Å². The van der Waals surface area contributed by atoms with Gasteiger partial charge in [0.25, 0.3) is 0 Å². The Morgan fingerprint density at radius 3 is 1.43 bits per heavy atom. The molecule has 1 nitrogen and oxygen atoms in total. The molecule has 0 aliphatic rings. The maximum atomic E-state index is 2.18. The molecule has 0 spiro atoms. The third-order valence-electron chi connectivity index (χ3n) is 0.638. The number of hydrogen-bond donors (Lipinski definition) is 0. The van der Waals surface area contributed by atoms with Crippen LogP contribution in [0.2, 0.25) is 0 Å². The first kappa shape index (κ1) is 9.85. The van der Waals surface area contributed by atoms with Crippen molar-refractivity contribution in [3.8, 4) is 0 Å². The molecule has 0 aromatic rings. The topological polar surface area (TPSA) is 31.5 Å². The zero-order chi connectivity index (χ0) is 4.83. The Balaban J connectivity index is 0. The fourth-order valence-electron chi connectivity index (χ4n) is 0.333. The Morgan fingerprint density at radius 1 is 1.00 bits per heavy atom. The largest absolute Gasteiger partial charge is 0.412 e. The van der Waals surface area contributed by atoms with Crippen molar-refractivity contribution in [1.29, 1.82) is 0 Å². The molecule has 0 saturated carbocycles. The molecule has 0 rings (SSSR count). The lowest BCUT2D eigenvalue weighted by atomic mass is 10.4. The van der Waals surface area contributed by atoms with Crippen LogP contribution in [0.25, 0.3) is 0 Å². The van der Waals surface area contributed by atoms with E-state index in [1.165, 1.54) is 12.8 Å². The molecule has 44 valence electrons. The van der Waals surface area contributed by atoms with E-state index in [4.69, 9.17) is 0 Å². The van der Waals surface area contributed by atoms with Crippen LogP contribution in [0.1, 0.15) is 26.7 Å². The van der Waals surface area contributed by atoms with Crippen molar-refractivity contribution < 1.29 is 5.48 Å². The van der Waals surface area contributed by atoms with Crippen molar-refractivity contribution >= 4 is 0 Å². The summed E-state index contributed by atoms with van der Waals surface area (Å²) < 4.78 is 0. The maximum absolute atomic E-state index is 2.18. The summed E-state index contributed by atoms with van der Waals surface area (Å²) in [7, 11) is 0. The molecule has 0 radical (unpaired) electrons. The van der Waals surface area contributed by atoms with E-state index in [2.05, 4.69) is 26.0 Å². The van der Waals surface area contributed by atoms with Crippen molar-refractivity contribution in [1.82, 2.24) is 0 Å². The summed E-state index contributed by atoms with van der Waals surface area (Å²) in [5, 5.41) is 0. The first-order valence-electron chi connectivity index (χ1n) is 2.56. The molecule has 0 aromatic carbocycles. The van der Waals surface area contributed by atoms with Gasteiger partial charge < -0.3 is 5.48 Å². The quantitative estimate of drug-likeness (QED) is 0.474. The fraction of sp³-hybridized carbons (Fsp3) is 0.667. The molecular formula is C6H14O. The summed E-state index contributed by atoms with van der Waals surface area (Å²) in [6.07, 6.45) is 6.71. The van der Waals surface area contributed by atoms with Crippen LogP contribution in [0, 0.1) is 0 Å². The molecular weight excluding hydrogens is 88.1 g/mol. The molecule has 0 fully saturated rings. The van der Waals surface area contributed by atoms with Crippen LogP contribution >= 0.6 is 0 Å². The van der Waals surface area contributed by atoms with Gasteiger partial charge in [-0.05, 0) is 12.8 Å². The minimum atomic E-state index is 0. The van der Waals surface area contributed by atoms with Gasteiger partial charge in [-0.2, -0.15) is 0 Å². The average Bonchev–Trinajstić information content (AvgIpc) is 1.61. The van der Waals surface area contributed by atoms with Gasteiger partial charge in [-0.1, -0.05) is 26.0 Å². The summed E-state index contributed by atoms with van der Waals surface area (Å²) in [4.78, 5) is 0. The lowest BCUT2D eigenvalue weighted by Gasteiger charge is -1.72. The minimum Gasteiger partial charge on any atom is -0.412 e. The normalized spacial score (nSPS) is 8.86. The first-order chi connectivity index (χ1) is 2.91. The molecule has 0 saturated heterocycles. The van der Waals surface area contributed by atoms with Crippen LogP contribution in [0.3, 0.4) is 0 Å². The highest BCUT2D eigenvalue weighted by atomic mass is 16.0. The predicted molar refractivity (Wildman–Crippen MR) is 33.3 cm³/mol. The van der Waals surface area contributed by atoms with E-state index in [1.807, 2.05) is 0 Å². The zero-order valence-electron chi connectivity index (χ0n) is 5.07. The van der Waals surface area contributed by atoms with Gasteiger partial charge in [-0.15, -0.1) is 0 Å². The second-order valence-corrected chi connectivity index (χ2v) is 1.29. The Labute approximate surface area is 45.4 Å². The SMILES string of the molecule is CC/C=C\CC.O. The van der Waals surface area contributed by atoms with Crippen molar-refractivity contribution in [2.24, 2.45) is 0 Å². The van der Waals surface area contributed by atoms with Gasteiger partial charge >= 0.3 is 0 Å². The third-order valence-corrected chi connectivity index (χ3v) is 0.638. The second-order valence-electron chi connectivity index (χ2n) is 1.29. The van der Waals surface area contributed by atoms with Crippen LogP contribution in [0.15, 0.2) is 12.2 Å². The molecule has 0 heterocycles. The van der Waals surface area contributed by atoms with E-state index in [9.17, 15) is 0 Å². The van der Waals surface area contributed by atoms with Crippen molar-refractivity contribution in [2.45, 2.75) is 26.7 Å². The van der Waals surface area contributed by atoms with Gasteiger partial charge in [0.1, 0.15) is 0 Å². The Morgan fingerprint density at radius 2 is 1.29 bits per heavy atom. The Bertz CT molecular complexity index is 33.4. The fourth-order valence-corrected chi connectivity index (χ4v) is 0.333. The number of allylic oxidation sites excluding steroid dienone is 2. The molecule has 0 aliphatic heterocycles. The first-order valence-corrected chi connectivity index (χ1v) is 2.56. The van der Waals surface area contributed by atoms with E-state index < -0.39 is 0 Å². The summed E-state index contributed by atoms with van der Waals surface area (Å²) in [5.41, 5.74) is 0. The van der Waals surface area contributed by atoms with Crippen LogP contribution < -0.4 is 0 Å². The summed E-state index contributed by atoms with van der Waals surface area (Å²) in [5.74, 6) is 0. The monoisotopic (exact) mass is 102 g/mol. The van der Waals surface area contributed by atoms with Crippen LogP contribution in [0.5, 0.6) is 0 Å². The average molecular weight is 102 g/mol. The van der Waals surface area contributed by atoms with Crippen molar-refractivity contribution in [2.75, 3.05) is 0 Å². The summed E-state index contributed by atoms with van der Waals surface area (Å²) in [6, 6.07) is 0.